The van der Waals surface area contributed by atoms with Crippen LogP contribution in [-0.4, -0.2) is 29.6 Å². The molecule has 0 saturated heterocycles. The molecule has 5 aromatic rings. The molecule has 0 spiro atoms. The number of benzene rings is 4. The lowest BCUT2D eigenvalue weighted by Crippen LogP contribution is -2.43. The van der Waals surface area contributed by atoms with E-state index in [1.165, 1.54) is 7.11 Å². The molecular formula is C32H26F2N2O4. The summed E-state index contributed by atoms with van der Waals surface area (Å²) < 4.78 is 35.0. The zero-order chi connectivity index (χ0) is 28.6. The number of aryl methyl sites for hydroxylation is 2. The highest BCUT2D eigenvalue weighted by molar-refractivity contribution is 6.02. The number of para-hydroxylation sites is 1. The third-order valence-electron chi connectivity index (χ3n) is 7.25. The van der Waals surface area contributed by atoms with Crippen LogP contribution in [-0.2, 0) is 23.0 Å². The van der Waals surface area contributed by atoms with Crippen LogP contribution >= 0.6 is 0 Å². The molecule has 0 aliphatic carbocycles. The first-order valence-electron chi connectivity index (χ1n) is 12.6. The number of amides is 1. The van der Waals surface area contributed by atoms with Gasteiger partial charge in [0.2, 0.25) is 0 Å². The van der Waals surface area contributed by atoms with Crippen molar-refractivity contribution >= 4 is 33.6 Å². The van der Waals surface area contributed by atoms with Gasteiger partial charge in [-0.25, -0.2) is 13.6 Å². The molecule has 202 valence electrons. The van der Waals surface area contributed by atoms with Crippen molar-refractivity contribution < 1.29 is 23.1 Å². The lowest BCUT2D eigenvalue weighted by molar-refractivity contribution is -0.142. The number of hydrogen-bond acceptors (Lipinski definition) is 4. The van der Waals surface area contributed by atoms with Crippen LogP contribution in [0.4, 0.5) is 8.78 Å². The molecule has 1 atom stereocenters. The van der Waals surface area contributed by atoms with Crippen LogP contribution in [0.3, 0.4) is 0 Å². The molecule has 0 aliphatic heterocycles. The minimum absolute atomic E-state index is 0.00993. The molecule has 5 rings (SSSR count). The van der Waals surface area contributed by atoms with Gasteiger partial charge in [0.15, 0.2) is 0 Å². The lowest BCUT2D eigenvalue weighted by atomic mass is 9.90. The highest BCUT2D eigenvalue weighted by Crippen LogP contribution is 2.34. The highest BCUT2D eigenvalue weighted by Gasteiger charge is 2.27. The van der Waals surface area contributed by atoms with Crippen molar-refractivity contribution in [1.82, 2.24) is 9.88 Å². The van der Waals surface area contributed by atoms with E-state index in [0.29, 0.717) is 11.1 Å². The summed E-state index contributed by atoms with van der Waals surface area (Å²) >= 11 is 0. The van der Waals surface area contributed by atoms with Crippen molar-refractivity contribution in [3.8, 4) is 11.1 Å². The number of methoxy groups -OCH3 is 1. The third-order valence-corrected chi connectivity index (χ3v) is 7.25. The van der Waals surface area contributed by atoms with Gasteiger partial charge in [0.25, 0.3) is 11.5 Å². The Balaban J connectivity index is 1.60. The molecule has 6 nitrogen and oxygen atoms in total. The molecule has 0 aliphatic rings. The number of nitrogens with zero attached hydrogens (tertiary/aromatic N) is 1. The van der Waals surface area contributed by atoms with Gasteiger partial charge in [-0.1, -0.05) is 60.7 Å². The normalized spacial score (nSPS) is 11.9. The molecule has 40 heavy (non-hydrogen) atoms. The van der Waals surface area contributed by atoms with Crippen LogP contribution in [0.15, 0.2) is 83.7 Å². The van der Waals surface area contributed by atoms with E-state index in [9.17, 15) is 23.2 Å². The van der Waals surface area contributed by atoms with E-state index in [1.54, 1.807) is 17.7 Å². The van der Waals surface area contributed by atoms with Crippen LogP contribution in [0, 0.1) is 18.6 Å². The fourth-order valence-electron chi connectivity index (χ4n) is 5.23. The highest BCUT2D eigenvalue weighted by atomic mass is 19.1. The second-order valence-corrected chi connectivity index (χ2v) is 9.55. The van der Waals surface area contributed by atoms with Gasteiger partial charge in [-0.15, -0.1) is 0 Å². The number of pyridine rings is 1. The molecule has 0 radical (unpaired) electrons. The number of rotatable bonds is 6. The molecule has 8 heteroatoms. The van der Waals surface area contributed by atoms with Crippen LogP contribution in [0.25, 0.3) is 32.8 Å². The fourth-order valence-corrected chi connectivity index (χ4v) is 5.23. The maximum atomic E-state index is 14.2. The van der Waals surface area contributed by atoms with Crippen molar-refractivity contribution in [3.63, 3.8) is 0 Å². The number of halogens is 2. The SMILES string of the molecule is COC(=O)[C@H](Cc1ccc(-c2c(C)c3ccccc3n(C)c2=O)c2ccccc12)NC(=O)c1c(F)cccc1F. The first-order chi connectivity index (χ1) is 19.2. The molecule has 0 saturated carbocycles. The molecule has 4 aromatic carbocycles. The van der Waals surface area contributed by atoms with E-state index >= 15 is 0 Å². The van der Waals surface area contributed by atoms with Gasteiger partial charge in [0, 0.05) is 18.9 Å². The predicted octanol–water partition coefficient (Wildman–Crippen LogP) is 5.46. The van der Waals surface area contributed by atoms with Crippen LogP contribution in [0.5, 0.6) is 0 Å². The van der Waals surface area contributed by atoms with Crippen LogP contribution in [0.1, 0.15) is 21.5 Å². The maximum absolute atomic E-state index is 14.2. The summed E-state index contributed by atoms with van der Waals surface area (Å²) in [6, 6.07) is 20.6. The summed E-state index contributed by atoms with van der Waals surface area (Å²) in [6.07, 6.45) is -0.00993. The largest absolute Gasteiger partial charge is 0.467 e. The Morgan fingerprint density at radius 1 is 0.875 bits per heavy atom. The number of hydrogen-bond donors (Lipinski definition) is 1. The van der Waals surface area contributed by atoms with E-state index in [2.05, 4.69) is 5.32 Å². The molecular weight excluding hydrogens is 514 g/mol. The van der Waals surface area contributed by atoms with Gasteiger partial charge in [-0.3, -0.25) is 9.59 Å². The zero-order valence-corrected chi connectivity index (χ0v) is 22.1. The zero-order valence-electron chi connectivity index (χ0n) is 22.1. The van der Waals surface area contributed by atoms with Crippen LogP contribution < -0.4 is 10.9 Å². The summed E-state index contributed by atoms with van der Waals surface area (Å²) in [6.45, 7) is 1.92. The van der Waals surface area contributed by atoms with E-state index in [0.717, 1.165) is 51.0 Å². The van der Waals surface area contributed by atoms with Crippen molar-refractivity contribution in [2.45, 2.75) is 19.4 Å². The molecule has 0 unspecified atom stereocenters. The van der Waals surface area contributed by atoms with Crippen molar-refractivity contribution in [2.24, 2.45) is 7.05 Å². The number of esters is 1. The first-order valence-corrected chi connectivity index (χ1v) is 12.6. The Bertz CT molecular complexity index is 1840. The summed E-state index contributed by atoms with van der Waals surface area (Å²) in [5.41, 5.74) is 2.74. The standard InChI is InChI=1S/C32H26F2N2O4/c1-18-20-9-6-7-14-27(20)36(2)31(38)28(18)23-16-15-19(21-10-4-5-11-22(21)23)17-26(32(39)40-3)35-30(37)29-24(33)12-8-13-25(29)34/h4-16,26H,17H2,1-3H3,(H,35,37)/t26-/m0/s1. The van der Waals surface area contributed by atoms with Crippen molar-refractivity contribution in [1.29, 1.82) is 0 Å². The average molecular weight is 541 g/mol. The Morgan fingerprint density at radius 2 is 1.50 bits per heavy atom. The molecule has 1 amide bonds. The minimum atomic E-state index is -1.22. The molecule has 1 N–H and O–H groups in total. The van der Waals surface area contributed by atoms with Gasteiger partial charge in [-0.2, -0.15) is 0 Å². The third kappa shape index (κ3) is 4.62. The number of aromatic nitrogens is 1. The minimum Gasteiger partial charge on any atom is -0.467 e. The van der Waals surface area contributed by atoms with Crippen molar-refractivity contribution in [3.05, 3.63) is 118 Å². The monoisotopic (exact) mass is 540 g/mol. The fraction of sp³-hybridized carbons (Fsp3) is 0.156. The number of carbonyl (C=O) groups is 2. The Hall–Kier alpha value is -4.85. The van der Waals surface area contributed by atoms with Gasteiger partial charge >= 0.3 is 5.97 Å². The van der Waals surface area contributed by atoms with E-state index in [4.69, 9.17) is 4.74 Å². The lowest BCUT2D eigenvalue weighted by Gasteiger charge is -2.20. The van der Waals surface area contributed by atoms with E-state index in [-0.39, 0.29) is 12.0 Å². The molecule has 1 aromatic heterocycles. The van der Waals surface area contributed by atoms with Gasteiger partial charge in [0.1, 0.15) is 23.2 Å². The topological polar surface area (TPSA) is 77.4 Å². The van der Waals surface area contributed by atoms with Gasteiger partial charge in [0.05, 0.1) is 18.2 Å². The Morgan fingerprint density at radius 3 is 2.17 bits per heavy atom. The number of nitrogens with one attached hydrogen (secondary N) is 1. The first kappa shape index (κ1) is 26.7. The quantitative estimate of drug-likeness (QED) is 0.290. The number of fused-ring (bicyclic) bond motifs is 2. The van der Waals surface area contributed by atoms with Crippen molar-refractivity contribution in [2.75, 3.05) is 7.11 Å². The smallest absolute Gasteiger partial charge is 0.328 e. The van der Waals surface area contributed by atoms with E-state index in [1.807, 2.05) is 61.5 Å². The number of carbonyl (C=O) groups excluding carboxylic acids is 2. The second-order valence-electron chi connectivity index (χ2n) is 9.55. The average Bonchev–Trinajstić information content (AvgIpc) is 2.96. The Labute approximate surface area is 228 Å². The predicted molar refractivity (Wildman–Crippen MR) is 150 cm³/mol. The second kappa shape index (κ2) is 10.7. The van der Waals surface area contributed by atoms with Gasteiger partial charge in [-0.05, 0) is 52.6 Å². The number of ether oxygens (including phenoxy) is 1. The summed E-state index contributed by atoms with van der Waals surface area (Å²) in [5, 5.41) is 4.93. The molecule has 0 bridgehead atoms. The molecule has 0 fully saturated rings. The molecule has 1 heterocycles. The maximum Gasteiger partial charge on any atom is 0.328 e. The summed E-state index contributed by atoms with van der Waals surface area (Å²) in [7, 11) is 2.91. The van der Waals surface area contributed by atoms with Crippen LogP contribution in [0.2, 0.25) is 0 Å². The summed E-state index contributed by atoms with van der Waals surface area (Å²) in [5.74, 6) is -3.91. The Kier molecular flexibility index (Phi) is 7.17. The van der Waals surface area contributed by atoms with E-state index < -0.39 is 35.1 Å². The van der Waals surface area contributed by atoms with Gasteiger partial charge < -0.3 is 14.6 Å². The summed E-state index contributed by atoms with van der Waals surface area (Å²) in [4.78, 5) is 39.0.